The number of benzene rings is 1. The fraction of sp³-hybridized carbons (Fsp3) is 0.550. The molecule has 2 rings (SSSR count). The molecule has 0 bridgehead atoms. The number of allylic oxidation sites excluding steroid dienone is 1. The number of hydrogen-bond acceptors (Lipinski definition) is 4. The summed E-state index contributed by atoms with van der Waals surface area (Å²) < 4.78 is 16.9. The minimum atomic E-state index is -0.0378. The van der Waals surface area contributed by atoms with E-state index in [0.717, 1.165) is 42.6 Å². The molecule has 0 radical (unpaired) electrons. The van der Waals surface area contributed by atoms with E-state index >= 15 is 0 Å². The smallest absolute Gasteiger partial charge is 0.159 e. The standard InChI is InChI=1S/C20H28O4/c1-15(2)18-11-17(12-19(13-18)16(3)21)14-22-8-6-10-24-20-7-4-5-9-23-20/h11-13,20H,1,4-10,14H2,2-3H3. The molecule has 1 fully saturated rings. The van der Waals surface area contributed by atoms with E-state index in [2.05, 4.69) is 6.58 Å². The van der Waals surface area contributed by atoms with Gasteiger partial charge in [0.15, 0.2) is 12.1 Å². The Morgan fingerprint density at radius 3 is 2.67 bits per heavy atom. The van der Waals surface area contributed by atoms with Gasteiger partial charge in [-0.2, -0.15) is 0 Å². The summed E-state index contributed by atoms with van der Waals surface area (Å²) in [5.41, 5.74) is 3.63. The number of ether oxygens (including phenoxy) is 3. The van der Waals surface area contributed by atoms with E-state index in [1.807, 2.05) is 25.1 Å². The van der Waals surface area contributed by atoms with Gasteiger partial charge in [0.1, 0.15) is 0 Å². The zero-order valence-electron chi connectivity index (χ0n) is 14.8. The van der Waals surface area contributed by atoms with Crippen molar-refractivity contribution >= 4 is 11.4 Å². The summed E-state index contributed by atoms with van der Waals surface area (Å²) >= 11 is 0. The molecule has 0 saturated carbocycles. The summed E-state index contributed by atoms with van der Waals surface area (Å²) in [5, 5.41) is 0. The summed E-state index contributed by atoms with van der Waals surface area (Å²) in [6, 6.07) is 5.80. The van der Waals surface area contributed by atoms with Crippen LogP contribution in [0.2, 0.25) is 0 Å². The third-order valence-electron chi connectivity index (χ3n) is 4.04. The molecule has 0 N–H and O–H groups in total. The highest BCUT2D eigenvalue weighted by Crippen LogP contribution is 2.18. The fourth-order valence-corrected chi connectivity index (χ4v) is 2.63. The van der Waals surface area contributed by atoms with Gasteiger partial charge in [-0.3, -0.25) is 4.79 Å². The Labute approximate surface area is 144 Å². The van der Waals surface area contributed by atoms with Crippen LogP contribution in [-0.2, 0) is 20.8 Å². The van der Waals surface area contributed by atoms with Crippen molar-refractivity contribution in [3.8, 4) is 0 Å². The molecule has 24 heavy (non-hydrogen) atoms. The molecule has 1 aromatic rings. The molecular formula is C20H28O4. The molecule has 1 heterocycles. The molecule has 132 valence electrons. The highest BCUT2D eigenvalue weighted by atomic mass is 16.7. The van der Waals surface area contributed by atoms with Crippen LogP contribution in [0.25, 0.3) is 5.57 Å². The zero-order chi connectivity index (χ0) is 17.4. The molecule has 1 unspecified atom stereocenters. The van der Waals surface area contributed by atoms with Crippen LogP contribution >= 0.6 is 0 Å². The van der Waals surface area contributed by atoms with Crippen molar-refractivity contribution < 1.29 is 19.0 Å². The third kappa shape index (κ3) is 6.19. The second-order valence-electron chi connectivity index (χ2n) is 6.33. The van der Waals surface area contributed by atoms with E-state index in [9.17, 15) is 4.79 Å². The van der Waals surface area contributed by atoms with Gasteiger partial charge < -0.3 is 14.2 Å². The molecule has 4 nitrogen and oxygen atoms in total. The Balaban J connectivity index is 1.73. The van der Waals surface area contributed by atoms with Crippen molar-refractivity contribution in [2.24, 2.45) is 0 Å². The van der Waals surface area contributed by atoms with Crippen molar-refractivity contribution in [1.82, 2.24) is 0 Å². The number of carbonyl (C=O) groups is 1. The summed E-state index contributed by atoms with van der Waals surface area (Å²) in [6.07, 6.45) is 4.10. The van der Waals surface area contributed by atoms with Crippen LogP contribution in [0.5, 0.6) is 0 Å². The number of ketones is 1. The first kappa shape index (κ1) is 18.8. The Morgan fingerprint density at radius 1 is 1.21 bits per heavy atom. The van der Waals surface area contributed by atoms with Crippen LogP contribution in [0.1, 0.15) is 61.0 Å². The van der Waals surface area contributed by atoms with E-state index in [-0.39, 0.29) is 12.1 Å². The first-order valence-corrected chi connectivity index (χ1v) is 8.68. The predicted molar refractivity (Wildman–Crippen MR) is 95.0 cm³/mol. The molecule has 1 atom stereocenters. The van der Waals surface area contributed by atoms with E-state index < -0.39 is 0 Å². The molecule has 0 amide bonds. The average molecular weight is 332 g/mol. The highest BCUT2D eigenvalue weighted by Gasteiger charge is 2.13. The van der Waals surface area contributed by atoms with Gasteiger partial charge in [-0.15, -0.1) is 0 Å². The second kappa shape index (κ2) is 9.72. The van der Waals surface area contributed by atoms with Gasteiger partial charge in [0, 0.05) is 18.8 Å². The topological polar surface area (TPSA) is 44.8 Å². The van der Waals surface area contributed by atoms with Crippen molar-refractivity contribution in [3.63, 3.8) is 0 Å². The quantitative estimate of drug-likeness (QED) is 0.497. The van der Waals surface area contributed by atoms with Crippen LogP contribution in [0, 0.1) is 0 Å². The van der Waals surface area contributed by atoms with Crippen LogP contribution in [0.4, 0.5) is 0 Å². The maximum Gasteiger partial charge on any atom is 0.159 e. The lowest BCUT2D eigenvalue weighted by atomic mass is 10.00. The lowest BCUT2D eigenvalue weighted by Crippen LogP contribution is -2.23. The van der Waals surface area contributed by atoms with Crippen LogP contribution in [0.15, 0.2) is 24.8 Å². The fourth-order valence-electron chi connectivity index (χ4n) is 2.63. The summed E-state index contributed by atoms with van der Waals surface area (Å²) in [6.45, 7) is 10.0. The van der Waals surface area contributed by atoms with E-state index in [4.69, 9.17) is 14.2 Å². The minimum Gasteiger partial charge on any atom is -0.377 e. The van der Waals surface area contributed by atoms with Crippen LogP contribution in [0.3, 0.4) is 0 Å². The summed E-state index contributed by atoms with van der Waals surface area (Å²) in [7, 11) is 0. The lowest BCUT2D eigenvalue weighted by Gasteiger charge is -2.22. The van der Waals surface area contributed by atoms with E-state index in [1.165, 1.54) is 6.42 Å². The van der Waals surface area contributed by atoms with Gasteiger partial charge >= 0.3 is 0 Å². The summed E-state index contributed by atoms with van der Waals surface area (Å²) in [5.74, 6) is 0.0558. The van der Waals surface area contributed by atoms with Gasteiger partial charge in [0.2, 0.25) is 0 Å². The van der Waals surface area contributed by atoms with Gasteiger partial charge in [-0.25, -0.2) is 0 Å². The van der Waals surface area contributed by atoms with Crippen LogP contribution < -0.4 is 0 Å². The molecular weight excluding hydrogens is 304 g/mol. The van der Waals surface area contributed by atoms with Gasteiger partial charge in [-0.05, 0) is 68.9 Å². The maximum absolute atomic E-state index is 11.6. The third-order valence-corrected chi connectivity index (χ3v) is 4.04. The first-order chi connectivity index (χ1) is 11.6. The average Bonchev–Trinajstić information content (AvgIpc) is 2.58. The normalized spacial score (nSPS) is 17.7. The summed E-state index contributed by atoms with van der Waals surface area (Å²) in [4.78, 5) is 11.6. The molecule has 1 aliphatic rings. The van der Waals surface area contributed by atoms with E-state index in [0.29, 0.717) is 25.4 Å². The van der Waals surface area contributed by atoms with Gasteiger partial charge in [0.25, 0.3) is 0 Å². The van der Waals surface area contributed by atoms with Gasteiger partial charge in [-0.1, -0.05) is 12.2 Å². The molecule has 0 aromatic heterocycles. The zero-order valence-corrected chi connectivity index (χ0v) is 14.8. The lowest BCUT2D eigenvalue weighted by molar-refractivity contribution is -0.164. The largest absolute Gasteiger partial charge is 0.377 e. The van der Waals surface area contributed by atoms with E-state index in [1.54, 1.807) is 6.92 Å². The predicted octanol–water partition coefficient (Wildman–Crippen LogP) is 4.37. The highest BCUT2D eigenvalue weighted by molar-refractivity contribution is 5.95. The Hall–Kier alpha value is -1.49. The molecule has 1 aromatic carbocycles. The monoisotopic (exact) mass is 332 g/mol. The minimum absolute atomic E-state index is 0.0378. The van der Waals surface area contributed by atoms with Crippen molar-refractivity contribution in [2.45, 2.75) is 52.4 Å². The second-order valence-corrected chi connectivity index (χ2v) is 6.33. The molecule has 0 aliphatic carbocycles. The van der Waals surface area contributed by atoms with Crippen molar-refractivity contribution in [3.05, 3.63) is 41.5 Å². The molecule has 1 saturated heterocycles. The molecule has 0 spiro atoms. The first-order valence-electron chi connectivity index (χ1n) is 8.68. The Bertz CT molecular complexity index is 527. The molecule has 4 heteroatoms. The van der Waals surface area contributed by atoms with Gasteiger partial charge in [0.05, 0.1) is 13.2 Å². The number of Topliss-reactive ketones (excluding diaryl/α,β-unsaturated/α-hetero) is 1. The number of carbonyl (C=O) groups excluding carboxylic acids is 1. The van der Waals surface area contributed by atoms with Crippen molar-refractivity contribution in [1.29, 1.82) is 0 Å². The SMILES string of the molecule is C=C(C)c1cc(COCCCOC2CCCCO2)cc(C(C)=O)c1. The van der Waals surface area contributed by atoms with Crippen LogP contribution in [-0.4, -0.2) is 31.9 Å². The molecule has 1 aliphatic heterocycles. The number of rotatable bonds is 9. The number of hydrogen-bond donors (Lipinski definition) is 0. The maximum atomic E-state index is 11.6. The Kier molecular flexibility index (Phi) is 7.63. The van der Waals surface area contributed by atoms with Crippen molar-refractivity contribution in [2.75, 3.05) is 19.8 Å². The Morgan fingerprint density at radius 2 is 2.00 bits per heavy atom.